The Morgan fingerprint density at radius 2 is 1.57 bits per heavy atom. The van der Waals surface area contributed by atoms with Crippen LogP contribution in [0, 0.1) is 23.7 Å². The van der Waals surface area contributed by atoms with Gasteiger partial charge in [0.25, 0.3) is 0 Å². The predicted octanol–water partition coefficient (Wildman–Crippen LogP) is 4.61. The van der Waals surface area contributed by atoms with Crippen molar-refractivity contribution in [3.8, 4) is 0 Å². The van der Waals surface area contributed by atoms with Crippen molar-refractivity contribution in [2.45, 2.75) is 97.7 Å². The van der Waals surface area contributed by atoms with Crippen LogP contribution >= 0.6 is 15.9 Å². The molecule has 2 fully saturated rings. The second kappa shape index (κ2) is 11.3. The summed E-state index contributed by atoms with van der Waals surface area (Å²) in [7, 11) is -1.86. The zero-order valence-corrected chi connectivity index (χ0v) is 22.4. The number of carbonyl (C=O) groups excluding carboxylic acids is 1. The summed E-state index contributed by atoms with van der Waals surface area (Å²) in [4.78, 5) is 11.7. The van der Waals surface area contributed by atoms with Gasteiger partial charge in [0, 0.05) is 5.33 Å². The molecule has 2 rings (SSSR count). The summed E-state index contributed by atoms with van der Waals surface area (Å²) in [5.74, 6) is 0.729. The van der Waals surface area contributed by atoms with E-state index in [1.165, 1.54) is 0 Å². The molecule has 4 unspecified atom stereocenters. The maximum Gasteiger partial charge on any atom is 0.184 e. The first-order valence-electron chi connectivity index (χ1n) is 11.3. The van der Waals surface area contributed by atoms with Gasteiger partial charge in [-0.2, -0.15) is 0 Å². The van der Waals surface area contributed by atoms with E-state index in [-0.39, 0.29) is 36.1 Å². The predicted molar refractivity (Wildman–Crippen MR) is 123 cm³/mol. The molecule has 0 aromatic rings. The molecule has 0 N–H and O–H groups in total. The molecule has 8 heteroatoms. The lowest BCUT2D eigenvalue weighted by molar-refractivity contribution is -0.338. The summed E-state index contributed by atoms with van der Waals surface area (Å²) < 4.78 is 31.6. The van der Waals surface area contributed by atoms with Crippen LogP contribution in [0.25, 0.3) is 0 Å². The molecular weight excluding hydrogens is 468 g/mol. The highest BCUT2D eigenvalue weighted by atomic mass is 79.9. The fraction of sp³-hybridized carbons (Fsp3) is 0.955. The van der Waals surface area contributed by atoms with Gasteiger partial charge in [-0.25, -0.2) is 0 Å². The number of hydrogen-bond acceptors (Lipinski definition) is 6. The van der Waals surface area contributed by atoms with Crippen LogP contribution in [0.15, 0.2) is 0 Å². The van der Waals surface area contributed by atoms with Crippen LogP contribution in [0.3, 0.4) is 0 Å². The molecule has 0 bridgehead atoms. The molecule has 0 spiro atoms. The summed E-state index contributed by atoms with van der Waals surface area (Å²) in [5, 5.41) is 0.726. The second-order valence-electron chi connectivity index (χ2n) is 9.85. The van der Waals surface area contributed by atoms with Crippen LogP contribution in [0.5, 0.6) is 0 Å². The van der Waals surface area contributed by atoms with Gasteiger partial charge in [-0.3, -0.25) is 0 Å². The van der Waals surface area contributed by atoms with E-state index in [1.807, 2.05) is 6.92 Å². The molecule has 0 aliphatic carbocycles. The fourth-order valence-corrected chi connectivity index (χ4v) is 5.73. The topological polar surface area (TPSA) is 63.2 Å². The lowest BCUT2D eigenvalue weighted by atomic mass is 9.82. The van der Waals surface area contributed by atoms with Crippen molar-refractivity contribution in [2.24, 2.45) is 23.7 Å². The van der Waals surface area contributed by atoms with Gasteiger partial charge in [-0.15, -0.1) is 0 Å². The van der Waals surface area contributed by atoms with Gasteiger partial charge in [0.1, 0.15) is 18.5 Å². The minimum absolute atomic E-state index is 0.0626. The molecule has 0 saturated carbocycles. The first-order chi connectivity index (χ1) is 14.0. The highest BCUT2D eigenvalue weighted by Gasteiger charge is 2.49. The number of carbonyl (C=O) groups is 1. The van der Waals surface area contributed by atoms with E-state index < -0.39 is 27.0 Å². The van der Waals surface area contributed by atoms with Crippen molar-refractivity contribution in [2.75, 3.05) is 11.9 Å². The lowest BCUT2D eigenvalue weighted by Crippen LogP contribution is -2.59. The molecular formula is C22H41BrO6Si. The number of aldehydes is 1. The molecule has 2 heterocycles. The largest absolute Gasteiger partial charge is 0.409 e. The molecule has 2 aliphatic rings. The van der Waals surface area contributed by atoms with Gasteiger partial charge in [-0.1, -0.05) is 50.5 Å². The van der Waals surface area contributed by atoms with Crippen LogP contribution in [0.4, 0.5) is 0 Å². The van der Waals surface area contributed by atoms with E-state index in [9.17, 15) is 4.79 Å². The zero-order chi connectivity index (χ0) is 22.6. The zero-order valence-electron chi connectivity index (χ0n) is 19.8. The number of alkyl halides is 1. The maximum absolute atomic E-state index is 11.7. The second-order valence-corrected chi connectivity index (χ2v) is 15.1. The van der Waals surface area contributed by atoms with Crippen molar-refractivity contribution in [1.29, 1.82) is 0 Å². The van der Waals surface area contributed by atoms with Gasteiger partial charge in [-0.05, 0) is 49.7 Å². The highest BCUT2D eigenvalue weighted by molar-refractivity contribution is 9.09. The molecule has 0 aromatic heterocycles. The van der Waals surface area contributed by atoms with Crippen molar-refractivity contribution < 1.29 is 28.2 Å². The first-order valence-corrected chi connectivity index (χ1v) is 15.8. The lowest BCUT2D eigenvalue weighted by Gasteiger charge is -2.49. The Hall–Kier alpha value is 0.167. The maximum atomic E-state index is 11.7. The van der Waals surface area contributed by atoms with Gasteiger partial charge < -0.3 is 28.2 Å². The van der Waals surface area contributed by atoms with Gasteiger partial charge in [0.05, 0.1) is 18.8 Å². The van der Waals surface area contributed by atoms with Crippen LogP contribution in [0.2, 0.25) is 19.6 Å². The quantitative estimate of drug-likeness (QED) is 0.257. The Kier molecular flexibility index (Phi) is 9.99. The van der Waals surface area contributed by atoms with Crippen molar-refractivity contribution in [1.82, 2.24) is 0 Å². The van der Waals surface area contributed by atoms with E-state index in [0.717, 1.165) is 18.0 Å². The molecule has 10 atom stereocenters. The van der Waals surface area contributed by atoms with E-state index in [2.05, 4.69) is 63.3 Å². The first kappa shape index (κ1) is 26.4. The number of ether oxygens (including phenoxy) is 4. The average Bonchev–Trinajstić information content (AvgIpc) is 2.69. The third-order valence-corrected chi connectivity index (χ3v) is 7.92. The fourth-order valence-electron chi connectivity index (χ4n) is 4.40. The van der Waals surface area contributed by atoms with Gasteiger partial charge in [0.15, 0.2) is 20.9 Å². The van der Waals surface area contributed by atoms with Crippen molar-refractivity contribution in [3.63, 3.8) is 0 Å². The summed E-state index contributed by atoms with van der Waals surface area (Å²) in [6.45, 7) is 17.7. The van der Waals surface area contributed by atoms with E-state index in [0.29, 0.717) is 12.5 Å². The van der Waals surface area contributed by atoms with Gasteiger partial charge >= 0.3 is 0 Å². The Labute approximate surface area is 191 Å². The van der Waals surface area contributed by atoms with Crippen LogP contribution < -0.4 is 0 Å². The Morgan fingerprint density at radius 1 is 0.933 bits per heavy atom. The smallest absolute Gasteiger partial charge is 0.184 e. The molecule has 0 radical (unpaired) electrons. The highest BCUT2D eigenvalue weighted by Crippen LogP contribution is 2.39. The summed E-state index contributed by atoms with van der Waals surface area (Å²) in [6.07, 6.45) is -0.197. The van der Waals surface area contributed by atoms with Gasteiger partial charge in [0.2, 0.25) is 0 Å². The number of halogens is 1. The Bertz CT molecular complexity index is 544. The number of hydrogen-bond donors (Lipinski definition) is 0. The summed E-state index contributed by atoms with van der Waals surface area (Å²) in [5.41, 5.74) is 0. The van der Waals surface area contributed by atoms with E-state index >= 15 is 0 Å². The van der Waals surface area contributed by atoms with Crippen LogP contribution in [0.1, 0.15) is 41.0 Å². The van der Waals surface area contributed by atoms with E-state index in [1.54, 1.807) is 0 Å². The third-order valence-electron chi connectivity index (χ3n) is 6.61. The number of rotatable bonds is 9. The normalized spacial score (nSPS) is 42.8. The Morgan fingerprint density at radius 3 is 2.10 bits per heavy atom. The molecule has 30 heavy (non-hydrogen) atoms. The molecule has 6 nitrogen and oxygen atoms in total. The standard InChI is InChI=1S/C22H41BrO6Si/c1-9-17-13(2)15(4)19(21(26-17)25-11-10-23)28-22-20(29-30(6,7)8)16(5)14(3)18(12-24)27-22/h12-22H,9-11H2,1-8H3/t13-,14-,15-,16-,17?,18?,19?,20?,21-,22+/m0/s1. The summed E-state index contributed by atoms with van der Waals surface area (Å²) in [6, 6.07) is 0. The van der Waals surface area contributed by atoms with Crippen molar-refractivity contribution in [3.05, 3.63) is 0 Å². The summed E-state index contributed by atoms with van der Waals surface area (Å²) >= 11 is 3.43. The van der Waals surface area contributed by atoms with Crippen LogP contribution in [-0.2, 0) is 28.2 Å². The minimum atomic E-state index is -1.86. The van der Waals surface area contributed by atoms with Crippen LogP contribution in [-0.4, -0.2) is 63.5 Å². The van der Waals surface area contributed by atoms with E-state index in [4.69, 9.17) is 23.4 Å². The molecule has 176 valence electrons. The molecule has 0 aromatic carbocycles. The molecule has 0 amide bonds. The minimum Gasteiger partial charge on any atom is -0.409 e. The third kappa shape index (κ3) is 6.36. The van der Waals surface area contributed by atoms with Crippen molar-refractivity contribution >= 4 is 30.5 Å². The Balaban J connectivity index is 2.28. The average molecular weight is 510 g/mol. The SMILES string of the molecule is CCC1O[C@H](OCCBr)C(O[C@H]2OC(C=O)[C@@H](C)[C@H](C)C2O[Si](C)(C)C)[C@@H](C)[C@@H]1C. The molecule has 2 saturated heterocycles. The monoisotopic (exact) mass is 508 g/mol. The molecule has 2 aliphatic heterocycles.